The van der Waals surface area contributed by atoms with Gasteiger partial charge in [-0.1, -0.05) is 32.9 Å². The molecule has 16 heavy (non-hydrogen) atoms. The van der Waals surface area contributed by atoms with E-state index in [4.69, 9.17) is 10.5 Å². The van der Waals surface area contributed by atoms with Gasteiger partial charge < -0.3 is 10.5 Å². The van der Waals surface area contributed by atoms with Crippen LogP contribution in [0.4, 0.5) is 0 Å². The first-order chi connectivity index (χ1) is 7.60. The number of hydrogen-bond acceptors (Lipinski definition) is 2. The lowest BCUT2D eigenvalue weighted by Gasteiger charge is -2.17. The van der Waals surface area contributed by atoms with Gasteiger partial charge in [0.25, 0.3) is 0 Å². The summed E-state index contributed by atoms with van der Waals surface area (Å²) >= 11 is 0. The van der Waals surface area contributed by atoms with Crippen LogP contribution in [0.5, 0.6) is 5.75 Å². The summed E-state index contributed by atoms with van der Waals surface area (Å²) in [5.41, 5.74) is 8.25. The molecule has 0 saturated carbocycles. The molecule has 1 aromatic carbocycles. The summed E-state index contributed by atoms with van der Waals surface area (Å²) in [7, 11) is 1.73. The largest absolute Gasteiger partial charge is 0.496 e. The number of nitrogens with two attached hydrogens (primary N) is 1. The summed E-state index contributed by atoms with van der Waals surface area (Å²) in [5.74, 6) is 1.98. The molecule has 1 aromatic rings. The molecular weight excluding hydrogens is 198 g/mol. The first-order valence-corrected chi connectivity index (χ1v) is 5.98. The van der Waals surface area contributed by atoms with Crippen LogP contribution in [0.15, 0.2) is 18.2 Å². The van der Waals surface area contributed by atoms with Crippen LogP contribution in [0.1, 0.15) is 50.2 Å². The normalized spacial score (nSPS) is 12.9. The van der Waals surface area contributed by atoms with Gasteiger partial charge in [-0.3, -0.25) is 0 Å². The van der Waals surface area contributed by atoms with E-state index in [0.717, 1.165) is 18.7 Å². The van der Waals surface area contributed by atoms with Gasteiger partial charge in [0.15, 0.2) is 0 Å². The van der Waals surface area contributed by atoms with Crippen LogP contribution < -0.4 is 10.5 Å². The van der Waals surface area contributed by atoms with Crippen molar-refractivity contribution in [3.63, 3.8) is 0 Å². The summed E-state index contributed by atoms with van der Waals surface area (Å²) in [6.45, 7) is 7.34. The SMILES string of the molecule is COc1ccc(C(C)C)cc1C(C)CCN. The topological polar surface area (TPSA) is 35.2 Å². The number of hydrogen-bond donors (Lipinski definition) is 1. The van der Waals surface area contributed by atoms with E-state index in [0.29, 0.717) is 11.8 Å². The highest BCUT2D eigenvalue weighted by atomic mass is 16.5. The van der Waals surface area contributed by atoms with E-state index in [1.54, 1.807) is 7.11 Å². The number of rotatable bonds is 5. The molecule has 0 aliphatic rings. The second-order valence-electron chi connectivity index (χ2n) is 4.63. The van der Waals surface area contributed by atoms with E-state index in [9.17, 15) is 0 Å². The van der Waals surface area contributed by atoms with Crippen molar-refractivity contribution < 1.29 is 4.74 Å². The molecule has 0 bridgehead atoms. The lowest BCUT2D eigenvalue weighted by atomic mass is 9.92. The summed E-state index contributed by atoms with van der Waals surface area (Å²) in [4.78, 5) is 0. The molecule has 2 nitrogen and oxygen atoms in total. The van der Waals surface area contributed by atoms with Gasteiger partial charge in [-0.2, -0.15) is 0 Å². The molecule has 1 unspecified atom stereocenters. The smallest absolute Gasteiger partial charge is 0.122 e. The van der Waals surface area contributed by atoms with Gasteiger partial charge in [0, 0.05) is 0 Å². The number of methoxy groups -OCH3 is 1. The third-order valence-electron chi connectivity index (χ3n) is 3.05. The highest BCUT2D eigenvalue weighted by Crippen LogP contribution is 2.31. The first kappa shape index (κ1) is 13.0. The van der Waals surface area contributed by atoms with Crippen LogP contribution in [0.25, 0.3) is 0 Å². The summed E-state index contributed by atoms with van der Waals surface area (Å²) in [6, 6.07) is 6.46. The minimum absolute atomic E-state index is 0.457. The minimum Gasteiger partial charge on any atom is -0.496 e. The highest BCUT2D eigenvalue weighted by Gasteiger charge is 2.12. The minimum atomic E-state index is 0.457. The molecule has 0 heterocycles. The maximum atomic E-state index is 5.62. The van der Waals surface area contributed by atoms with Crippen molar-refractivity contribution in [2.75, 3.05) is 13.7 Å². The standard InChI is InChI=1S/C14H23NO/c1-10(2)12-5-6-14(16-4)13(9-12)11(3)7-8-15/h5-6,9-11H,7-8,15H2,1-4H3. The first-order valence-electron chi connectivity index (χ1n) is 5.98. The van der Waals surface area contributed by atoms with Crippen molar-refractivity contribution in [1.29, 1.82) is 0 Å². The van der Waals surface area contributed by atoms with Gasteiger partial charge in [-0.15, -0.1) is 0 Å². The van der Waals surface area contributed by atoms with Crippen LogP contribution >= 0.6 is 0 Å². The molecule has 0 aromatic heterocycles. The van der Waals surface area contributed by atoms with Crippen LogP contribution in [0.3, 0.4) is 0 Å². The van der Waals surface area contributed by atoms with E-state index >= 15 is 0 Å². The van der Waals surface area contributed by atoms with Gasteiger partial charge in [-0.25, -0.2) is 0 Å². The van der Waals surface area contributed by atoms with Crippen LogP contribution in [-0.2, 0) is 0 Å². The zero-order valence-corrected chi connectivity index (χ0v) is 10.8. The summed E-state index contributed by atoms with van der Waals surface area (Å²) < 4.78 is 5.41. The van der Waals surface area contributed by atoms with Crippen molar-refractivity contribution >= 4 is 0 Å². The number of benzene rings is 1. The third-order valence-corrected chi connectivity index (χ3v) is 3.05. The molecule has 0 aliphatic carbocycles. The fraction of sp³-hybridized carbons (Fsp3) is 0.571. The molecule has 1 atom stereocenters. The van der Waals surface area contributed by atoms with Crippen molar-refractivity contribution in [3.8, 4) is 5.75 Å². The molecule has 0 radical (unpaired) electrons. The monoisotopic (exact) mass is 221 g/mol. The Morgan fingerprint density at radius 2 is 1.94 bits per heavy atom. The number of ether oxygens (including phenoxy) is 1. The van der Waals surface area contributed by atoms with E-state index in [1.165, 1.54) is 11.1 Å². The molecule has 0 aliphatic heterocycles. The third kappa shape index (κ3) is 2.99. The fourth-order valence-corrected chi connectivity index (χ4v) is 1.90. The zero-order chi connectivity index (χ0) is 12.1. The van der Waals surface area contributed by atoms with E-state index in [-0.39, 0.29) is 0 Å². The van der Waals surface area contributed by atoms with Crippen LogP contribution in [0.2, 0.25) is 0 Å². The lowest BCUT2D eigenvalue weighted by molar-refractivity contribution is 0.405. The molecule has 0 saturated heterocycles. The summed E-state index contributed by atoms with van der Waals surface area (Å²) in [6.07, 6.45) is 0.998. The quantitative estimate of drug-likeness (QED) is 0.828. The Labute approximate surface area is 98.8 Å². The molecular formula is C14H23NO. The molecule has 0 spiro atoms. The van der Waals surface area contributed by atoms with E-state index in [2.05, 4.69) is 39.0 Å². The van der Waals surface area contributed by atoms with Crippen molar-refractivity contribution in [2.24, 2.45) is 5.73 Å². The Hall–Kier alpha value is -1.02. The molecule has 90 valence electrons. The van der Waals surface area contributed by atoms with Gasteiger partial charge in [-0.05, 0) is 42.0 Å². The van der Waals surface area contributed by atoms with E-state index in [1.807, 2.05) is 0 Å². The second kappa shape index (κ2) is 5.90. The average Bonchev–Trinajstić information content (AvgIpc) is 2.28. The summed E-state index contributed by atoms with van der Waals surface area (Å²) in [5, 5.41) is 0. The fourth-order valence-electron chi connectivity index (χ4n) is 1.90. The Balaban J connectivity index is 3.06. The van der Waals surface area contributed by atoms with Gasteiger partial charge in [0.1, 0.15) is 5.75 Å². The lowest BCUT2D eigenvalue weighted by Crippen LogP contribution is -2.06. The Bertz CT molecular complexity index is 334. The predicted octanol–water partition coefficient (Wildman–Crippen LogP) is 3.27. The van der Waals surface area contributed by atoms with Crippen LogP contribution in [-0.4, -0.2) is 13.7 Å². The molecule has 0 fully saturated rings. The zero-order valence-electron chi connectivity index (χ0n) is 10.8. The van der Waals surface area contributed by atoms with Crippen molar-refractivity contribution in [2.45, 2.75) is 39.0 Å². The van der Waals surface area contributed by atoms with Gasteiger partial charge >= 0.3 is 0 Å². The molecule has 1 rings (SSSR count). The highest BCUT2D eigenvalue weighted by molar-refractivity contribution is 5.40. The molecule has 2 heteroatoms. The average molecular weight is 221 g/mol. The molecule has 0 amide bonds. The van der Waals surface area contributed by atoms with Crippen molar-refractivity contribution in [3.05, 3.63) is 29.3 Å². The van der Waals surface area contributed by atoms with Gasteiger partial charge in [0.2, 0.25) is 0 Å². The molecule has 2 N–H and O–H groups in total. The Kier molecular flexibility index (Phi) is 4.81. The Morgan fingerprint density at radius 3 is 2.44 bits per heavy atom. The maximum absolute atomic E-state index is 5.62. The Morgan fingerprint density at radius 1 is 1.25 bits per heavy atom. The predicted molar refractivity (Wildman–Crippen MR) is 69.2 cm³/mol. The second-order valence-corrected chi connectivity index (χ2v) is 4.63. The van der Waals surface area contributed by atoms with Crippen LogP contribution in [0, 0.1) is 0 Å². The van der Waals surface area contributed by atoms with Gasteiger partial charge in [0.05, 0.1) is 7.11 Å². The maximum Gasteiger partial charge on any atom is 0.122 e. The van der Waals surface area contributed by atoms with Crippen molar-refractivity contribution in [1.82, 2.24) is 0 Å². The van der Waals surface area contributed by atoms with E-state index < -0.39 is 0 Å².